The lowest BCUT2D eigenvalue weighted by molar-refractivity contribution is 0.510. The SMILES string of the molecule is C#CCn1c(C)c(-n2nnc3cc(F)c(F)cc32)c(=O)n(-c2cncc(C3CC3)c2)c1=O. The number of terminal acetylenes is 1. The second-order valence-corrected chi connectivity index (χ2v) is 7.65. The second-order valence-electron chi connectivity index (χ2n) is 7.65. The third-order valence-electron chi connectivity index (χ3n) is 5.58. The summed E-state index contributed by atoms with van der Waals surface area (Å²) in [6.45, 7) is 1.43. The molecule has 0 spiro atoms. The first-order valence-electron chi connectivity index (χ1n) is 9.86. The van der Waals surface area contributed by atoms with Crippen LogP contribution in [0.5, 0.6) is 0 Å². The van der Waals surface area contributed by atoms with Crippen LogP contribution in [0.4, 0.5) is 8.78 Å². The maximum atomic E-state index is 13.9. The zero-order valence-corrected chi connectivity index (χ0v) is 16.9. The molecule has 0 radical (unpaired) electrons. The molecule has 1 fully saturated rings. The third kappa shape index (κ3) is 3.01. The highest BCUT2D eigenvalue weighted by Gasteiger charge is 2.26. The smallest absolute Gasteiger partial charge is 0.284 e. The van der Waals surface area contributed by atoms with Gasteiger partial charge in [-0.25, -0.2) is 22.8 Å². The van der Waals surface area contributed by atoms with E-state index in [0.29, 0.717) is 5.92 Å². The molecule has 0 aliphatic heterocycles. The van der Waals surface area contributed by atoms with Crippen molar-refractivity contribution in [1.82, 2.24) is 29.1 Å². The topological polar surface area (TPSA) is 87.6 Å². The Balaban J connectivity index is 1.84. The second kappa shape index (κ2) is 7.23. The van der Waals surface area contributed by atoms with Crippen LogP contribution in [0, 0.1) is 30.9 Å². The molecule has 1 saturated carbocycles. The molecule has 10 heteroatoms. The highest BCUT2D eigenvalue weighted by Crippen LogP contribution is 2.40. The summed E-state index contributed by atoms with van der Waals surface area (Å²) < 4.78 is 30.9. The van der Waals surface area contributed by atoms with Crippen molar-refractivity contribution < 1.29 is 8.78 Å². The molecule has 1 aromatic carbocycles. The van der Waals surface area contributed by atoms with Gasteiger partial charge in [0.05, 0.1) is 29.6 Å². The molecule has 0 N–H and O–H groups in total. The summed E-state index contributed by atoms with van der Waals surface area (Å²) in [5.74, 6) is 0.564. The minimum Gasteiger partial charge on any atom is -0.284 e. The van der Waals surface area contributed by atoms with E-state index in [1.165, 1.54) is 17.7 Å². The summed E-state index contributed by atoms with van der Waals surface area (Å²) >= 11 is 0. The van der Waals surface area contributed by atoms with Crippen molar-refractivity contribution in [2.45, 2.75) is 32.2 Å². The number of halogens is 2. The van der Waals surface area contributed by atoms with E-state index in [0.717, 1.165) is 39.8 Å². The van der Waals surface area contributed by atoms with Gasteiger partial charge in [-0.05, 0) is 37.3 Å². The van der Waals surface area contributed by atoms with Crippen molar-refractivity contribution in [3.05, 3.63) is 74.3 Å². The number of fused-ring (bicyclic) bond motifs is 1. The molecule has 0 saturated heterocycles. The van der Waals surface area contributed by atoms with Gasteiger partial charge in [-0.2, -0.15) is 0 Å². The summed E-state index contributed by atoms with van der Waals surface area (Å²) in [7, 11) is 0. The fourth-order valence-electron chi connectivity index (χ4n) is 3.78. The molecule has 32 heavy (non-hydrogen) atoms. The normalized spacial score (nSPS) is 13.4. The number of rotatable bonds is 4. The molecule has 1 aliphatic rings. The van der Waals surface area contributed by atoms with E-state index in [2.05, 4.69) is 21.2 Å². The number of nitrogens with zero attached hydrogens (tertiary/aromatic N) is 6. The molecule has 3 heterocycles. The van der Waals surface area contributed by atoms with E-state index < -0.39 is 22.9 Å². The monoisotopic (exact) mass is 434 g/mol. The maximum absolute atomic E-state index is 13.9. The molecule has 3 aromatic heterocycles. The average Bonchev–Trinajstić information content (AvgIpc) is 3.55. The third-order valence-corrected chi connectivity index (χ3v) is 5.58. The zero-order chi connectivity index (χ0) is 22.6. The van der Waals surface area contributed by atoms with Gasteiger partial charge in [0, 0.05) is 18.3 Å². The molecule has 5 rings (SSSR count). The Labute approximate surface area is 179 Å². The first kappa shape index (κ1) is 19.8. The zero-order valence-electron chi connectivity index (χ0n) is 16.9. The van der Waals surface area contributed by atoms with Crippen LogP contribution in [0.3, 0.4) is 0 Å². The summed E-state index contributed by atoms with van der Waals surface area (Å²) in [6.07, 6.45) is 10.6. The Morgan fingerprint density at radius 1 is 1.16 bits per heavy atom. The largest absolute Gasteiger partial charge is 0.336 e. The van der Waals surface area contributed by atoms with Gasteiger partial charge in [-0.15, -0.1) is 11.5 Å². The van der Waals surface area contributed by atoms with E-state index in [4.69, 9.17) is 6.42 Å². The highest BCUT2D eigenvalue weighted by atomic mass is 19.2. The van der Waals surface area contributed by atoms with Gasteiger partial charge in [-0.3, -0.25) is 14.3 Å². The summed E-state index contributed by atoms with van der Waals surface area (Å²) in [6, 6.07) is 3.55. The van der Waals surface area contributed by atoms with Gasteiger partial charge >= 0.3 is 5.69 Å². The van der Waals surface area contributed by atoms with Crippen LogP contribution in [0.25, 0.3) is 22.4 Å². The standard InChI is InChI=1S/C22H16F2N6O2/c1-3-6-28-12(2)20(30-19-9-17(24)16(23)8-18(19)26-27-30)21(31)29(22(28)32)15-7-14(10-25-11-15)13-4-5-13/h1,7-11,13H,4-6H2,2H3. The van der Waals surface area contributed by atoms with Gasteiger partial charge in [-0.1, -0.05) is 11.1 Å². The lowest BCUT2D eigenvalue weighted by Gasteiger charge is -2.16. The Kier molecular flexibility index (Phi) is 4.48. The van der Waals surface area contributed by atoms with Gasteiger partial charge in [0.15, 0.2) is 17.3 Å². The number of benzene rings is 1. The van der Waals surface area contributed by atoms with E-state index in [9.17, 15) is 18.4 Å². The number of aromatic nitrogens is 6. The van der Waals surface area contributed by atoms with Crippen LogP contribution < -0.4 is 11.2 Å². The van der Waals surface area contributed by atoms with Crippen molar-refractivity contribution >= 4 is 11.0 Å². The van der Waals surface area contributed by atoms with Gasteiger partial charge in [0.1, 0.15) is 5.52 Å². The van der Waals surface area contributed by atoms with E-state index in [1.807, 2.05) is 0 Å². The van der Waals surface area contributed by atoms with Crippen LogP contribution in [0.2, 0.25) is 0 Å². The van der Waals surface area contributed by atoms with Gasteiger partial charge in [0.25, 0.3) is 5.56 Å². The average molecular weight is 434 g/mol. The van der Waals surface area contributed by atoms with Crippen LogP contribution in [-0.2, 0) is 6.54 Å². The summed E-state index contributed by atoms with van der Waals surface area (Å²) in [4.78, 5) is 31.0. The van der Waals surface area contributed by atoms with E-state index in [-0.39, 0.29) is 34.6 Å². The highest BCUT2D eigenvalue weighted by molar-refractivity contribution is 5.76. The number of hydrogen-bond donors (Lipinski definition) is 0. The van der Waals surface area contributed by atoms with Crippen molar-refractivity contribution in [1.29, 1.82) is 0 Å². The molecule has 160 valence electrons. The van der Waals surface area contributed by atoms with Crippen LogP contribution in [-0.4, -0.2) is 29.1 Å². The molecular weight excluding hydrogens is 418 g/mol. The Morgan fingerprint density at radius 3 is 2.62 bits per heavy atom. The Morgan fingerprint density at radius 2 is 1.91 bits per heavy atom. The summed E-state index contributed by atoms with van der Waals surface area (Å²) in [5, 5.41) is 7.77. The first-order valence-corrected chi connectivity index (χ1v) is 9.86. The first-order chi connectivity index (χ1) is 15.4. The quantitative estimate of drug-likeness (QED) is 0.460. The maximum Gasteiger partial charge on any atom is 0.336 e. The van der Waals surface area contributed by atoms with Crippen LogP contribution >= 0.6 is 0 Å². The van der Waals surface area contributed by atoms with Crippen molar-refractivity contribution in [3.8, 4) is 23.7 Å². The van der Waals surface area contributed by atoms with Crippen molar-refractivity contribution in [2.24, 2.45) is 0 Å². The van der Waals surface area contributed by atoms with Crippen molar-refractivity contribution in [3.63, 3.8) is 0 Å². The van der Waals surface area contributed by atoms with Crippen LogP contribution in [0.1, 0.15) is 30.0 Å². The van der Waals surface area contributed by atoms with E-state index >= 15 is 0 Å². The molecule has 4 aromatic rings. The molecule has 0 amide bonds. The van der Waals surface area contributed by atoms with Crippen LogP contribution in [0.15, 0.2) is 40.2 Å². The Hall–Kier alpha value is -4.13. The molecular formula is C22H16F2N6O2. The molecule has 8 nitrogen and oxygen atoms in total. The molecule has 1 aliphatic carbocycles. The molecule has 0 bridgehead atoms. The predicted molar refractivity (Wildman–Crippen MR) is 112 cm³/mol. The molecule has 0 atom stereocenters. The van der Waals surface area contributed by atoms with Gasteiger partial charge < -0.3 is 0 Å². The Bertz CT molecular complexity index is 1560. The predicted octanol–water partition coefficient (Wildman–Crippen LogP) is 2.23. The number of hydrogen-bond acceptors (Lipinski definition) is 5. The molecule has 0 unspecified atom stereocenters. The fourth-order valence-corrected chi connectivity index (χ4v) is 3.78. The minimum absolute atomic E-state index is 0.0508. The fraction of sp³-hybridized carbons (Fsp3) is 0.227. The van der Waals surface area contributed by atoms with Crippen molar-refractivity contribution in [2.75, 3.05) is 0 Å². The van der Waals surface area contributed by atoms with Gasteiger partial charge in [0.2, 0.25) is 0 Å². The number of pyridine rings is 1. The lowest BCUT2D eigenvalue weighted by atomic mass is 10.2. The van der Waals surface area contributed by atoms with E-state index in [1.54, 1.807) is 12.3 Å². The minimum atomic E-state index is -1.11. The summed E-state index contributed by atoms with van der Waals surface area (Å²) in [5.41, 5.74) is 0.189. The lowest BCUT2D eigenvalue weighted by Crippen LogP contribution is -2.42.